The number of nitrogens with zero attached hydrogens (tertiary/aromatic N) is 2. The van der Waals surface area contributed by atoms with Crippen LogP contribution < -0.4 is 15.1 Å². The number of rotatable bonds is 3. The summed E-state index contributed by atoms with van der Waals surface area (Å²) in [5.41, 5.74) is 3.52. The van der Waals surface area contributed by atoms with Gasteiger partial charge in [-0.15, -0.1) is 0 Å². The molecule has 1 saturated heterocycles. The topological polar surface area (TPSA) is 69.7 Å². The molecule has 1 N–H and O–H groups in total. The number of amides is 4. The molecule has 2 aromatic rings. The lowest BCUT2D eigenvalue weighted by molar-refractivity contribution is -0.122. The van der Waals surface area contributed by atoms with Crippen LogP contribution in [0.2, 0.25) is 0 Å². The second kappa shape index (κ2) is 8.20. The van der Waals surface area contributed by atoms with Crippen molar-refractivity contribution >= 4 is 51.2 Å². The molecular formula is C25H26BrN3O3. The van der Waals surface area contributed by atoms with Gasteiger partial charge in [0.2, 0.25) is 0 Å². The van der Waals surface area contributed by atoms with Gasteiger partial charge in [0.05, 0.1) is 5.69 Å². The van der Waals surface area contributed by atoms with Gasteiger partial charge in [0, 0.05) is 22.2 Å². The molecule has 0 unspecified atom stereocenters. The molecule has 0 spiro atoms. The highest BCUT2D eigenvalue weighted by atomic mass is 79.9. The first kappa shape index (κ1) is 22.3. The van der Waals surface area contributed by atoms with Gasteiger partial charge in [0.25, 0.3) is 11.8 Å². The Labute approximate surface area is 196 Å². The van der Waals surface area contributed by atoms with Gasteiger partial charge >= 0.3 is 6.03 Å². The van der Waals surface area contributed by atoms with Crippen LogP contribution >= 0.6 is 15.9 Å². The largest absolute Gasteiger partial charge is 0.366 e. The van der Waals surface area contributed by atoms with Crippen molar-refractivity contribution in [2.45, 2.75) is 45.6 Å². The normalized spacial score (nSPS) is 21.6. The van der Waals surface area contributed by atoms with Crippen molar-refractivity contribution in [3.8, 4) is 0 Å². The average molecular weight is 496 g/mol. The maximum absolute atomic E-state index is 13.2. The van der Waals surface area contributed by atoms with Gasteiger partial charge in [-0.2, -0.15) is 0 Å². The number of imide groups is 2. The second-order valence-electron chi connectivity index (χ2n) is 8.92. The highest BCUT2D eigenvalue weighted by Gasteiger charge is 2.38. The van der Waals surface area contributed by atoms with Crippen molar-refractivity contribution in [2.75, 3.05) is 16.3 Å². The standard InChI is InChI=1S/C25H26BrN3O3/c1-5-28-21-10-9-16(11-19(21)15(2)14-25(28,3)4)12-20-22(30)27-24(32)29(23(20)31)18-8-6-7-17(26)13-18/h6-13,15H,5,14H2,1-4H3,(H,27,30,32)/b20-12+/t15-/m0/s1. The van der Waals surface area contributed by atoms with Crippen LogP contribution in [-0.2, 0) is 9.59 Å². The molecular weight excluding hydrogens is 470 g/mol. The minimum Gasteiger partial charge on any atom is -0.366 e. The molecule has 1 atom stereocenters. The smallest absolute Gasteiger partial charge is 0.335 e. The minimum atomic E-state index is -0.755. The number of hydrogen-bond acceptors (Lipinski definition) is 4. The highest BCUT2D eigenvalue weighted by Crippen LogP contribution is 2.43. The van der Waals surface area contributed by atoms with E-state index >= 15 is 0 Å². The first-order valence-electron chi connectivity index (χ1n) is 10.7. The summed E-state index contributed by atoms with van der Waals surface area (Å²) in [6.45, 7) is 9.76. The van der Waals surface area contributed by atoms with Crippen LogP contribution in [0.4, 0.5) is 16.2 Å². The lowest BCUT2D eigenvalue weighted by Crippen LogP contribution is -2.54. The van der Waals surface area contributed by atoms with E-state index in [9.17, 15) is 14.4 Å². The molecule has 0 aliphatic carbocycles. The van der Waals surface area contributed by atoms with E-state index in [2.05, 4.69) is 59.9 Å². The number of carbonyl (C=O) groups excluding carboxylic acids is 3. The van der Waals surface area contributed by atoms with Crippen molar-refractivity contribution in [3.63, 3.8) is 0 Å². The first-order chi connectivity index (χ1) is 15.1. The Kier molecular flexibility index (Phi) is 5.71. The summed E-state index contributed by atoms with van der Waals surface area (Å²) in [7, 11) is 0. The molecule has 166 valence electrons. The van der Waals surface area contributed by atoms with Gasteiger partial charge in [-0.3, -0.25) is 14.9 Å². The quantitative estimate of drug-likeness (QED) is 0.467. The number of fused-ring (bicyclic) bond motifs is 1. The van der Waals surface area contributed by atoms with Crippen LogP contribution in [-0.4, -0.2) is 29.9 Å². The van der Waals surface area contributed by atoms with E-state index in [1.54, 1.807) is 30.3 Å². The molecule has 6 nitrogen and oxygen atoms in total. The van der Waals surface area contributed by atoms with Crippen molar-refractivity contribution in [1.82, 2.24) is 5.32 Å². The second-order valence-corrected chi connectivity index (χ2v) is 9.83. The fourth-order valence-electron chi connectivity index (χ4n) is 4.87. The fraction of sp³-hybridized carbons (Fsp3) is 0.320. The Hall–Kier alpha value is -2.93. The third-order valence-corrected chi connectivity index (χ3v) is 6.70. The van der Waals surface area contributed by atoms with Gasteiger partial charge in [0.15, 0.2) is 0 Å². The number of hydrogen-bond donors (Lipinski definition) is 1. The van der Waals surface area contributed by atoms with Crippen molar-refractivity contribution < 1.29 is 14.4 Å². The molecule has 1 fully saturated rings. The van der Waals surface area contributed by atoms with Gasteiger partial charge in [0.1, 0.15) is 5.57 Å². The monoisotopic (exact) mass is 495 g/mol. The lowest BCUT2D eigenvalue weighted by Gasteiger charge is -2.47. The number of halogens is 1. The summed E-state index contributed by atoms with van der Waals surface area (Å²) in [5.74, 6) is -0.982. The number of anilines is 2. The summed E-state index contributed by atoms with van der Waals surface area (Å²) in [4.78, 5) is 41.5. The van der Waals surface area contributed by atoms with Crippen LogP contribution in [0, 0.1) is 0 Å². The predicted octanol–water partition coefficient (Wildman–Crippen LogP) is 5.23. The zero-order valence-electron chi connectivity index (χ0n) is 18.6. The van der Waals surface area contributed by atoms with Crippen LogP contribution in [0.3, 0.4) is 0 Å². The van der Waals surface area contributed by atoms with Crippen LogP contribution in [0.5, 0.6) is 0 Å². The number of benzene rings is 2. The van der Waals surface area contributed by atoms with E-state index in [0.717, 1.165) is 27.9 Å². The Balaban J connectivity index is 1.73. The molecule has 2 aliphatic heterocycles. The van der Waals surface area contributed by atoms with E-state index in [1.165, 1.54) is 11.3 Å². The van der Waals surface area contributed by atoms with Crippen LogP contribution in [0.15, 0.2) is 52.5 Å². The first-order valence-corrected chi connectivity index (χ1v) is 11.5. The molecule has 0 bridgehead atoms. The Morgan fingerprint density at radius 3 is 2.59 bits per heavy atom. The van der Waals surface area contributed by atoms with Gasteiger partial charge in [-0.05, 0) is 80.6 Å². The molecule has 7 heteroatoms. The van der Waals surface area contributed by atoms with E-state index < -0.39 is 17.8 Å². The third-order valence-electron chi connectivity index (χ3n) is 6.21. The molecule has 4 amide bonds. The fourth-order valence-corrected chi connectivity index (χ4v) is 5.26. The summed E-state index contributed by atoms with van der Waals surface area (Å²) >= 11 is 3.35. The maximum Gasteiger partial charge on any atom is 0.335 e. The minimum absolute atomic E-state index is 0.0607. The van der Waals surface area contributed by atoms with E-state index in [-0.39, 0.29) is 11.1 Å². The predicted molar refractivity (Wildman–Crippen MR) is 130 cm³/mol. The number of barbiturate groups is 1. The molecule has 2 aromatic carbocycles. The summed E-state index contributed by atoms with van der Waals surface area (Å²) in [5, 5.41) is 2.28. The van der Waals surface area contributed by atoms with E-state index in [1.807, 2.05) is 12.1 Å². The van der Waals surface area contributed by atoms with Crippen LogP contribution in [0.25, 0.3) is 6.08 Å². The Morgan fingerprint density at radius 2 is 1.91 bits per heavy atom. The van der Waals surface area contributed by atoms with Gasteiger partial charge < -0.3 is 4.90 Å². The molecule has 2 heterocycles. The number of nitrogens with one attached hydrogen (secondary N) is 1. The molecule has 2 aliphatic rings. The van der Waals surface area contributed by atoms with Crippen LogP contribution in [0.1, 0.15) is 51.2 Å². The summed E-state index contributed by atoms with van der Waals surface area (Å²) in [6, 6.07) is 12.1. The SMILES string of the molecule is CCN1c2ccc(/C=C3\C(=O)NC(=O)N(c4cccc(Br)c4)C3=O)cc2[C@@H](C)CC1(C)C. The van der Waals surface area contributed by atoms with Crippen molar-refractivity contribution in [1.29, 1.82) is 0 Å². The summed E-state index contributed by atoms with van der Waals surface area (Å²) in [6.07, 6.45) is 2.58. The molecule has 4 rings (SSSR count). The lowest BCUT2D eigenvalue weighted by atomic mass is 9.79. The third kappa shape index (κ3) is 3.86. The molecule has 0 radical (unpaired) electrons. The molecule has 0 saturated carbocycles. The van der Waals surface area contributed by atoms with Crippen molar-refractivity contribution in [3.05, 3.63) is 63.6 Å². The molecule has 32 heavy (non-hydrogen) atoms. The van der Waals surface area contributed by atoms with E-state index in [0.29, 0.717) is 11.6 Å². The van der Waals surface area contributed by atoms with Gasteiger partial charge in [-0.25, -0.2) is 9.69 Å². The Morgan fingerprint density at radius 1 is 1.16 bits per heavy atom. The van der Waals surface area contributed by atoms with Gasteiger partial charge in [-0.1, -0.05) is 35.0 Å². The summed E-state index contributed by atoms with van der Waals surface area (Å²) < 4.78 is 0.727. The zero-order chi connectivity index (χ0) is 23.2. The highest BCUT2D eigenvalue weighted by molar-refractivity contribution is 9.10. The zero-order valence-corrected chi connectivity index (χ0v) is 20.2. The maximum atomic E-state index is 13.2. The average Bonchev–Trinajstić information content (AvgIpc) is 2.71. The van der Waals surface area contributed by atoms with Crippen molar-refractivity contribution in [2.24, 2.45) is 0 Å². The Bertz CT molecular complexity index is 1150. The molecule has 0 aromatic heterocycles. The number of carbonyl (C=O) groups is 3. The van der Waals surface area contributed by atoms with E-state index in [4.69, 9.17) is 0 Å². The number of urea groups is 1.